The topological polar surface area (TPSA) is 87.2 Å². The van der Waals surface area contributed by atoms with Gasteiger partial charge >= 0.3 is 5.97 Å². The zero-order valence-electron chi connectivity index (χ0n) is 18.1. The van der Waals surface area contributed by atoms with Crippen LogP contribution in [0.15, 0.2) is 71.6 Å². The highest BCUT2D eigenvalue weighted by molar-refractivity contribution is 7.90. The van der Waals surface area contributed by atoms with Crippen molar-refractivity contribution in [1.82, 2.24) is 4.98 Å². The van der Waals surface area contributed by atoms with E-state index in [4.69, 9.17) is 16.7 Å². The smallest absolute Gasteiger partial charge is 0.303 e. The number of hydrogen-bond donors (Lipinski definition) is 2. The monoisotopic (exact) mass is 481 g/mol. The average Bonchev–Trinajstić information content (AvgIpc) is 3.17. The van der Waals surface area contributed by atoms with E-state index in [-0.39, 0.29) is 6.42 Å². The maximum absolute atomic E-state index is 11.7. The zero-order valence-corrected chi connectivity index (χ0v) is 19.7. The molecule has 3 aromatic carbocycles. The van der Waals surface area contributed by atoms with Crippen LogP contribution in [0.25, 0.3) is 33.2 Å². The van der Waals surface area contributed by atoms with E-state index in [9.17, 15) is 13.2 Å². The van der Waals surface area contributed by atoms with Gasteiger partial charge in [0.25, 0.3) is 0 Å². The van der Waals surface area contributed by atoms with Crippen molar-refractivity contribution in [3.8, 4) is 22.3 Å². The SMILES string of the molecule is CS(=O)(=O)c1ccc(-c2ccc(-c3cc4cc(CCCCC(=O)O)[nH]c4cc3Cl)cc2)cc1. The molecule has 0 aliphatic rings. The molecule has 0 bridgehead atoms. The molecule has 5 nitrogen and oxygen atoms in total. The number of carbonyl (C=O) groups is 1. The first-order valence-electron chi connectivity index (χ1n) is 10.6. The molecule has 0 saturated heterocycles. The zero-order chi connectivity index (χ0) is 23.6. The van der Waals surface area contributed by atoms with Crippen molar-refractivity contribution < 1.29 is 18.3 Å². The highest BCUT2D eigenvalue weighted by atomic mass is 35.5. The normalized spacial score (nSPS) is 11.7. The molecule has 0 aliphatic carbocycles. The molecule has 0 fully saturated rings. The van der Waals surface area contributed by atoms with Crippen molar-refractivity contribution in [1.29, 1.82) is 0 Å². The quantitative estimate of drug-likeness (QED) is 0.287. The van der Waals surface area contributed by atoms with Crippen LogP contribution in [-0.2, 0) is 21.1 Å². The highest BCUT2D eigenvalue weighted by Gasteiger charge is 2.10. The molecule has 1 aromatic heterocycles. The number of nitrogens with one attached hydrogen (secondary N) is 1. The van der Waals surface area contributed by atoms with Crippen LogP contribution >= 0.6 is 11.6 Å². The van der Waals surface area contributed by atoms with Crippen molar-refractivity contribution in [2.75, 3.05) is 6.26 Å². The Balaban J connectivity index is 1.54. The summed E-state index contributed by atoms with van der Waals surface area (Å²) in [5.41, 5.74) is 5.87. The fraction of sp³-hybridized carbons (Fsp3) is 0.192. The van der Waals surface area contributed by atoms with Gasteiger partial charge in [0.1, 0.15) is 0 Å². The van der Waals surface area contributed by atoms with Gasteiger partial charge in [-0.15, -0.1) is 0 Å². The molecule has 4 rings (SSSR count). The van der Waals surface area contributed by atoms with Crippen LogP contribution in [0.5, 0.6) is 0 Å². The summed E-state index contributed by atoms with van der Waals surface area (Å²) >= 11 is 6.58. The Kier molecular flexibility index (Phi) is 6.58. The summed E-state index contributed by atoms with van der Waals surface area (Å²) in [5.74, 6) is -0.764. The molecule has 4 aromatic rings. The lowest BCUT2D eigenvalue weighted by atomic mass is 9.99. The third-order valence-corrected chi connectivity index (χ3v) is 7.10. The number of H-pyrrole nitrogens is 1. The lowest BCUT2D eigenvalue weighted by molar-refractivity contribution is -0.137. The Morgan fingerprint density at radius 1 is 0.909 bits per heavy atom. The van der Waals surface area contributed by atoms with Crippen molar-refractivity contribution in [3.63, 3.8) is 0 Å². The number of aryl methyl sites for hydroxylation is 1. The Morgan fingerprint density at radius 2 is 1.52 bits per heavy atom. The standard InChI is InChI=1S/C26H24ClNO4S/c1-33(31,32)22-12-10-18(11-13-22)17-6-8-19(9-7-17)23-15-20-14-21(4-2-3-5-26(29)30)28-25(20)16-24(23)27/h6-16,28H,2-5H2,1H3,(H,29,30). The van der Waals surface area contributed by atoms with E-state index in [1.54, 1.807) is 12.1 Å². The third kappa shape index (κ3) is 5.46. The van der Waals surface area contributed by atoms with Crippen molar-refractivity contribution in [2.45, 2.75) is 30.6 Å². The van der Waals surface area contributed by atoms with Crippen molar-refractivity contribution >= 4 is 38.3 Å². The van der Waals surface area contributed by atoms with E-state index in [1.807, 2.05) is 42.5 Å². The molecule has 170 valence electrons. The minimum Gasteiger partial charge on any atom is -0.481 e. The average molecular weight is 482 g/mol. The maximum Gasteiger partial charge on any atom is 0.303 e. The van der Waals surface area contributed by atoms with E-state index < -0.39 is 15.8 Å². The Bertz CT molecular complexity index is 1410. The number of carboxylic acids is 1. The Labute approximate surface area is 198 Å². The largest absolute Gasteiger partial charge is 0.481 e. The van der Waals surface area contributed by atoms with Gasteiger partial charge in [-0.25, -0.2) is 8.42 Å². The second-order valence-electron chi connectivity index (χ2n) is 8.19. The lowest BCUT2D eigenvalue weighted by Crippen LogP contribution is -1.96. The van der Waals surface area contributed by atoms with Crippen LogP contribution in [0.1, 0.15) is 25.0 Å². The maximum atomic E-state index is 11.7. The number of carboxylic acid groups (broad SMARTS) is 1. The first-order valence-corrected chi connectivity index (χ1v) is 12.9. The third-order valence-electron chi connectivity index (χ3n) is 5.66. The van der Waals surface area contributed by atoms with Gasteiger partial charge in [0, 0.05) is 34.8 Å². The van der Waals surface area contributed by atoms with E-state index in [0.717, 1.165) is 51.7 Å². The number of rotatable bonds is 8. The van der Waals surface area contributed by atoms with Crippen molar-refractivity contribution in [2.24, 2.45) is 0 Å². The molecule has 1 heterocycles. The second-order valence-corrected chi connectivity index (χ2v) is 10.6. The van der Waals surface area contributed by atoms with Gasteiger partial charge in [-0.1, -0.05) is 48.0 Å². The van der Waals surface area contributed by atoms with E-state index in [2.05, 4.69) is 17.1 Å². The Hall–Kier alpha value is -3.09. The van der Waals surface area contributed by atoms with E-state index in [1.165, 1.54) is 6.26 Å². The van der Waals surface area contributed by atoms with Gasteiger partial charge in [-0.05, 0) is 66.3 Å². The molecule has 0 amide bonds. The molecule has 0 saturated carbocycles. The molecular weight excluding hydrogens is 458 g/mol. The van der Waals surface area contributed by atoms with E-state index >= 15 is 0 Å². The molecular formula is C26H24ClNO4S. The van der Waals surface area contributed by atoms with Crippen molar-refractivity contribution in [3.05, 3.63) is 77.4 Å². The second kappa shape index (κ2) is 9.41. The molecule has 0 atom stereocenters. The first kappa shape index (κ1) is 23.1. The number of hydrogen-bond acceptors (Lipinski definition) is 3. The van der Waals surface area contributed by atoms with Gasteiger partial charge in [0.05, 0.1) is 9.92 Å². The fourth-order valence-electron chi connectivity index (χ4n) is 3.90. The number of aliphatic carboxylic acids is 1. The first-order chi connectivity index (χ1) is 15.7. The van der Waals surface area contributed by atoms with Gasteiger partial charge in [0.15, 0.2) is 9.84 Å². The summed E-state index contributed by atoms with van der Waals surface area (Å²) in [5, 5.41) is 10.5. The van der Waals surface area contributed by atoms with Crippen LogP contribution in [0.4, 0.5) is 0 Å². The number of benzene rings is 3. The number of aromatic nitrogens is 1. The predicted molar refractivity (Wildman–Crippen MR) is 132 cm³/mol. The van der Waals surface area contributed by atoms with Gasteiger partial charge in [-0.2, -0.15) is 0 Å². The molecule has 0 aliphatic heterocycles. The van der Waals surface area contributed by atoms with Gasteiger partial charge in [0.2, 0.25) is 0 Å². The van der Waals surface area contributed by atoms with E-state index in [0.29, 0.717) is 16.3 Å². The van der Waals surface area contributed by atoms with Crippen LogP contribution < -0.4 is 0 Å². The lowest BCUT2D eigenvalue weighted by Gasteiger charge is -2.08. The molecule has 0 spiro atoms. The summed E-state index contributed by atoms with van der Waals surface area (Å²) in [7, 11) is -3.22. The van der Waals surface area contributed by atoms with Gasteiger partial charge < -0.3 is 10.1 Å². The summed E-state index contributed by atoms with van der Waals surface area (Å²) in [6, 6.07) is 20.9. The molecule has 7 heteroatoms. The van der Waals surface area contributed by atoms with Crippen LogP contribution in [0.2, 0.25) is 5.02 Å². The number of aromatic amines is 1. The highest BCUT2D eigenvalue weighted by Crippen LogP contribution is 2.34. The fourth-order valence-corrected chi connectivity index (χ4v) is 4.80. The molecule has 0 radical (unpaired) electrons. The summed E-state index contributed by atoms with van der Waals surface area (Å²) in [6.07, 6.45) is 3.65. The Morgan fingerprint density at radius 3 is 2.12 bits per heavy atom. The van der Waals surface area contributed by atoms with Crippen LogP contribution in [-0.4, -0.2) is 30.7 Å². The van der Waals surface area contributed by atoms with Crippen LogP contribution in [0.3, 0.4) is 0 Å². The summed E-state index contributed by atoms with van der Waals surface area (Å²) in [4.78, 5) is 14.3. The minimum absolute atomic E-state index is 0.189. The number of halogens is 1. The minimum atomic E-state index is -3.22. The summed E-state index contributed by atoms with van der Waals surface area (Å²) in [6.45, 7) is 0. The predicted octanol–water partition coefficient (Wildman–Crippen LogP) is 6.36. The number of sulfone groups is 1. The number of fused-ring (bicyclic) bond motifs is 1. The number of unbranched alkanes of at least 4 members (excludes halogenated alkanes) is 1. The molecule has 0 unspecified atom stereocenters. The van der Waals surface area contributed by atoms with Crippen LogP contribution in [0, 0.1) is 0 Å². The molecule has 33 heavy (non-hydrogen) atoms. The summed E-state index contributed by atoms with van der Waals surface area (Å²) < 4.78 is 23.3. The molecule has 2 N–H and O–H groups in total. The van der Waals surface area contributed by atoms with Gasteiger partial charge in [-0.3, -0.25) is 4.79 Å².